The van der Waals surface area contributed by atoms with E-state index in [1.807, 2.05) is 6.07 Å². The molecule has 2 fully saturated rings. The van der Waals surface area contributed by atoms with Crippen LogP contribution in [0.2, 0.25) is 0 Å². The number of hydrogen-bond donors (Lipinski definition) is 0. The average Bonchev–Trinajstić information content (AvgIpc) is 3.13. The number of nitrogens with zero attached hydrogens (tertiary/aromatic N) is 2. The van der Waals surface area contributed by atoms with Gasteiger partial charge in [0.1, 0.15) is 0 Å². The van der Waals surface area contributed by atoms with E-state index in [1.54, 1.807) is 18.2 Å². The van der Waals surface area contributed by atoms with Gasteiger partial charge in [-0.3, -0.25) is 4.79 Å². The Labute approximate surface area is 113 Å². The second-order valence-corrected chi connectivity index (χ2v) is 5.57. The van der Waals surface area contributed by atoms with Crippen molar-refractivity contribution in [3.8, 4) is 6.07 Å². The van der Waals surface area contributed by atoms with Gasteiger partial charge in [-0.05, 0) is 43.9 Å². The second kappa shape index (κ2) is 5.05. The van der Waals surface area contributed by atoms with Crippen molar-refractivity contribution in [1.29, 1.82) is 5.26 Å². The molecule has 3 nitrogen and oxygen atoms in total. The molecule has 1 aromatic rings. The summed E-state index contributed by atoms with van der Waals surface area (Å²) in [5.41, 5.74) is 1.23. The number of hydrogen-bond acceptors (Lipinski definition) is 2. The van der Waals surface area contributed by atoms with E-state index in [0.29, 0.717) is 23.2 Å². The molecule has 0 saturated heterocycles. The zero-order valence-corrected chi connectivity index (χ0v) is 11.0. The minimum absolute atomic E-state index is 0.117. The maximum atomic E-state index is 12.7. The summed E-state index contributed by atoms with van der Waals surface area (Å²) in [5.74, 6) is 0.117. The van der Waals surface area contributed by atoms with E-state index in [4.69, 9.17) is 5.26 Å². The van der Waals surface area contributed by atoms with Crippen LogP contribution in [0.3, 0.4) is 0 Å². The first-order valence-corrected chi connectivity index (χ1v) is 7.12. The number of carbonyl (C=O) groups is 1. The van der Waals surface area contributed by atoms with Crippen LogP contribution in [-0.4, -0.2) is 22.9 Å². The molecule has 0 heterocycles. The summed E-state index contributed by atoms with van der Waals surface area (Å²) in [4.78, 5) is 14.8. The van der Waals surface area contributed by atoms with Crippen molar-refractivity contribution in [3.63, 3.8) is 0 Å². The standard InChI is InChI=1S/C16H18N2O/c17-11-12-4-3-5-13(10-12)16(19)18(15-8-9-15)14-6-1-2-7-14/h3-5,10,14-15H,1-2,6-9H2. The van der Waals surface area contributed by atoms with Gasteiger partial charge in [0.2, 0.25) is 0 Å². The smallest absolute Gasteiger partial charge is 0.254 e. The normalized spacial score (nSPS) is 19.1. The molecule has 3 heteroatoms. The molecule has 0 spiro atoms. The van der Waals surface area contributed by atoms with Gasteiger partial charge in [-0.2, -0.15) is 5.26 Å². The number of nitriles is 1. The number of amides is 1. The predicted octanol–water partition coefficient (Wildman–Crippen LogP) is 3.11. The molecular formula is C16H18N2O. The lowest BCUT2D eigenvalue weighted by Crippen LogP contribution is -2.40. The highest BCUT2D eigenvalue weighted by molar-refractivity contribution is 5.95. The van der Waals surface area contributed by atoms with Gasteiger partial charge in [-0.25, -0.2) is 0 Å². The van der Waals surface area contributed by atoms with Crippen LogP contribution in [0.5, 0.6) is 0 Å². The van der Waals surface area contributed by atoms with Crippen molar-refractivity contribution >= 4 is 5.91 Å². The van der Waals surface area contributed by atoms with E-state index in [1.165, 1.54) is 12.8 Å². The molecule has 0 bridgehead atoms. The fourth-order valence-corrected chi connectivity index (χ4v) is 3.04. The monoisotopic (exact) mass is 254 g/mol. The van der Waals surface area contributed by atoms with Crippen LogP contribution in [0.25, 0.3) is 0 Å². The summed E-state index contributed by atoms with van der Waals surface area (Å²) in [7, 11) is 0. The van der Waals surface area contributed by atoms with Gasteiger partial charge in [0.25, 0.3) is 5.91 Å². The van der Waals surface area contributed by atoms with E-state index in [-0.39, 0.29) is 5.91 Å². The molecule has 98 valence electrons. The molecule has 0 aliphatic heterocycles. The van der Waals surface area contributed by atoms with Gasteiger partial charge in [0.15, 0.2) is 0 Å². The number of benzene rings is 1. The molecule has 2 aliphatic carbocycles. The topological polar surface area (TPSA) is 44.1 Å². The summed E-state index contributed by atoms with van der Waals surface area (Å²) in [6.07, 6.45) is 7.03. The summed E-state index contributed by atoms with van der Waals surface area (Å²) in [5, 5.41) is 8.94. The molecule has 3 rings (SSSR count). The SMILES string of the molecule is N#Cc1cccc(C(=O)N(C2CCCC2)C2CC2)c1. The molecule has 0 N–H and O–H groups in total. The van der Waals surface area contributed by atoms with E-state index >= 15 is 0 Å². The number of carbonyl (C=O) groups excluding carboxylic acids is 1. The van der Waals surface area contributed by atoms with Gasteiger partial charge in [0, 0.05) is 17.6 Å². The zero-order chi connectivity index (χ0) is 13.2. The Morgan fingerprint density at radius 2 is 1.84 bits per heavy atom. The third-order valence-electron chi connectivity index (χ3n) is 4.13. The van der Waals surface area contributed by atoms with Crippen molar-refractivity contribution in [3.05, 3.63) is 35.4 Å². The average molecular weight is 254 g/mol. The fraction of sp³-hybridized carbons (Fsp3) is 0.500. The van der Waals surface area contributed by atoms with Gasteiger partial charge < -0.3 is 4.90 Å². The van der Waals surface area contributed by atoms with E-state index in [0.717, 1.165) is 25.7 Å². The van der Waals surface area contributed by atoms with Crippen LogP contribution >= 0.6 is 0 Å². The Hall–Kier alpha value is -1.82. The molecule has 1 aromatic carbocycles. The highest BCUT2D eigenvalue weighted by Crippen LogP contribution is 2.35. The maximum Gasteiger partial charge on any atom is 0.254 e. The molecule has 0 atom stereocenters. The summed E-state index contributed by atoms with van der Waals surface area (Å²) in [6, 6.07) is 10.1. The lowest BCUT2D eigenvalue weighted by Gasteiger charge is -2.29. The van der Waals surface area contributed by atoms with Crippen LogP contribution in [0.15, 0.2) is 24.3 Å². The van der Waals surface area contributed by atoms with Crippen molar-refractivity contribution in [1.82, 2.24) is 4.90 Å². The van der Waals surface area contributed by atoms with Crippen LogP contribution in [0.1, 0.15) is 54.4 Å². The minimum Gasteiger partial charge on any atom is -0.333 e. The third-order valence-corrected chi connectivity index (χ3v) is 4.13. The first kappa shape index (κ1) is 12.2. The zero-order valence-electron chi connectivity index (χ0n) is 11.0. The Kier molecular flexibility index (Phi) is 3.25. The molecule has 2 saturated carbocycles. The van der Waals surface area contributed by atoms with Gasteiger partial charge in [-0.1, -0.05) is 18.9 Å². The third kappa shape index (κ3) is 2.49. The van der Waals surface area contributed by atoms with Crippen molar-refractivity contribution in [2.45, 2.75) is 50.6 Å². The molecule has 0 aromatic heterocycles. The molecule has 19 heavy (non-hydrogen) atoms. The Balaban J connectivity index is 1.85. The van der Waals surface area contributed by atoms with Gasteiger partial charge >= 0.3 is 0 Å². The van der Waals surface area contributed by atoms with E-state index < -0.39 is 0 Å². The van der Waals surface area contributed by atoms with Crippen molar-refractivity contribution in [2.75, 3.05) is 0 Å². The Morgan fingerprint density at radius 1 is 1.16 bits per heavy atom. The fourth-order valence-electron chi connectivity index (χ4n) is 3.04. The first-order valence-electron chi connectivity index (χ1n) is 7.12. The largest absolute Gasteiger partial charge is 0.333 e. The summed E-state index contributed by atoms with van der Waals surface area (Å²) >= 11 is 0. The number of rotatable bonds is 3. The highest BCUT2D eigenvalue weighted by atomic mass is 16.2. The molecule has 2 aliphatic rings. The minimum atomic E-state index is 0.117. The predicted molar refractivity (Wildman–Crippen MR) is 72.6 cm³/mol. The molecule has 1 amide bonds. The first-order chi connectivity index (χ1) is 9.29. The Morgan fingerprint density at radius 3 is 2.47 bits per heavy atom. The maximum absolute atomic E-state index is 12.7. The molecule has 0 radical (unpaired) electrons. The van der Waals surface area contributed by atoms with Crippen molar-refractivity contribution in [2.24, 2.45) is 0 Å². The lowest BCUT2D eigenvalue weighted by atomic mass is 10.1. The highest BCUT2D eigenvalue weighted by Gasteiger charge is 2.38. The van der Waals surface area contributed by atoms with Crippen LogP contribution < -0.4 is 0 Å². The molecule has 0 unspecified atom stereocenters. The quantitative estimate of drug-likeness (QED) is 0.832. The Bertz CT molecular complexity index is 522. The van der Waals surface area contributed by atoms with E-state index in [2.05, 4.69) is 11.0 Å². The van der Waals surface area contributed by atoms with Crippen LogP contribution in [0.4, 0.5) is 0 Å². The summed E-state index contributed by atoms with van der Waals surface area (Å²) < 4.78 is 0. The molecular weight excluding hydrogens is 236 g/mol. The van der Waals surface area contributed by atoms with Crippen molar-refractivity contribution < 1.29 is 4.79 Å². The lowest BCUT2D eigenvalue weighted by molar-refractivity contribution is 0.0664. The van der Waals surface area contributed by atoms with Gasteiger partial charge in [0.05, 0.1) is 11.6 Å². The van der Waals surface area contributed by atoms with Crippen LogP contribution in [0, 0.1) is 11.3 Å². The van der Waals surface area contributed by atoms with Gasteiger partial charge in [-0.15, -0.1) is 0 Å². The van der Waals surface area contributed by atoms with Crippen LogP contribution in [-0.2, 0) is 0 Å². The summed E-state index contributed by atoms with van der Waals surface area (Å²) in [6.45, 7) is 0. The van der Waals surface area contributed by atoms with E-state index in [9.17, 15) is 4.79 Å². The second-order valence-electron chi connectivity index (χ2n) is 5.57.